The molecule has 0 saturated carbocycles. The van der Waals surface area contributed by atoms with Crippen molar-refractivity contribution in [2.75, 3.05) is 6.54 Å². The molecule has 5 nitrogen and oxygen atoms in total. The summed E-state index contributed by atoms with van der Waals surface area (Å²) in [5.74, 6) is -0.435. The van der Waals surface area contributed by atoms with E-state index in [4.69, 9.17) is 0 Å². The van der Waals surface area contributed by atoms with Crippen molar-refractivity contribution in [3.05, 3.63) is 118 Å². The lowest BCUT2D eigenvalue weighted by Gasteiger charge is -2.19. The number of carbonyl (C=O) groups excluding carboxylic acids is 1. The fourth-order valence-electron chi connectivity index (χ4n) is 3.43. The molecule has 1 amide bonds. The number of rotatable bonds is 5. The number of hydrogen-bond acceptors (Lipinski definition) is 3. The van der Waals surface area contributed by atoms with E-state index in [-0.39, 0.29) is 17.0 Å². The topological polar surface area (TPSA) is 63.5 Å². The Bertz CT molecular complexity index is 1160. The number of carbonyl (C=O) groups is 1. The van der Waals surface area contributed by atoms with Gasteiger partial charge in [-0.1, -0.05) is 66.7 Å². The summed E-state index contributed by atoms with van der Waals surface area (Å²) in [5.41, 5.74) is 3.31. The largest absolute Gasteiger partial charge is 0.351 e. The van der Waals surface area contributed by atoms with Crippen LogP contribution in [0.25, 0.3) is 5.65 Å². The van der Waals surface area contributed by atoms with Gasteiger partial charge in [-0.25, -0.2) is 4.98 Å². The predicted molar refractivity (Wildman–Crippen MR) is 113 cm³/mol. The molecule has 0 radical (unpaired) electrons. The Kier molecular flexibility index (Phi) is 5.20. The summed E-state index contributed by atoms with van der Waals surface area (Å²) in [4.78, 5) is 29.8. The average molecular weight is 383 g/mol. The van der Waals surface area contributed by atoms with Crippen LogP contribution in [0.3, 0.4) is 0 Å². The molecule has 4 rings (SSSR count). The normalized spacial score (nSPS) is 11.0. The second-order valence-corrected chi connectivity index (χ2v) is 7.00. The first-order valence-corrected chi connectivity index (χ1v) is 9.49. The van der Waals surface area contributed by atoms with Gasteiger partial charge in [-0.2, -0.15) is 0 Å². The van der Waals surface area contributed by atoms with E-state index in [9.17, 15) is 9.59 Å². The van der Waals surface area contributed by atoms with Crippen LogP contribution in [-0.4, -0.2) is 21.8 Å². The summed E-state index contributed by atoms with van der Waals surface area (Å²) in [6, 6.07) is 23.7. The van der Waals surface area contributed by atoms with E-state index < -0.39 is 5.91 Å². The lowest BCUT2D eigenvalue weighted by Crippen LogP contribution is -2.34. The SMILES string of the molecule is Cc1ccc2ncc(C(=O)NCC(c3ccccc3)c3ccccc3)c(=O)n2c1. The maximum Gasteiger partial charge on any atom is 0.270 e. The molecule has 0 unspecified atom stereocenters. The van der Waals surface area contributed by atoms with E-state index in [1.165, 1.54) is 10.6 Å². The predicted octanol–water partition coefficient (Wildman–Crippen LogP) is 3.56. The number of fused-ring (bicyclic) bond motifs is 1. The summed E-state index contributed by atoms with van der Waals surface area (Å²) in [5, 5.41) is 2.92. The number of nitrogens with zero attached hydrogens (tertiary/aromatic N) is 2. The molecule has 2 aromatic carbocycles. The first-order valence-electron chi connectivity index (χ1n) is 9.49. The fraction of sp³-hybridized carbons (Fsp3) is 0.125. The third kappa shape index (κ3) is 3.94. The van der Waals surface area contributed by atoms with Gasteiger partial charge in [-0.3, -0.25) is 14.0 Å². The fourth-order valence-corrected chi connectivity index (χ4v) is 3.43. The van der Waals surface area contributed by atoms with Gasteiger partial charge in [0.15, 0.2) is 0 Å². The van der Waals surface area contributed by atoms with Gasteiger partial charge in [-0.05, 0) is 29.7 Å². The van der Waals surface area contributed by atoms with Gasteiger partial charge in [-0.15, -0.1) is 0 Å². The lowest BCUT2D eigenvalue weighted by molar-refractivity contribution is 0.0950. The first kappa shape index (κ1) is 18.6. The number of nitrogens with one attached hydrogen (secondary N) is 1. The van der Waals surface area contributed by atoms with Gasteiger partial charge in [0.2, 0.25) is 0 Å². The Morgan fingerprint density at radius 1 is 0.966 bits per heavy atom. The summed E-state index contributed by atoms with van der Waals surface area (Å²) in [6.45, 7) is 2.27. The molecule has 0 atom stereocenters. The zero-order valence-electron chi connectivity index (χ0n) is 16.1. The number of aryl methyl sites for hydroxylation is 1. The molecular formula is C24H21N3O2. The smallest absolute Gasteiger partial charge is 0.270 e. The molecule has 0 aliphatic rings. The highest BCUT2D eigenvalue weighted by atomic mass is 16.2. The number of pyridine rings is 1. The minimum Gasteiger partial charge on any atom is -0.351 e. The molecule has 2 aromatic heterocycles. The van der Waals surface area contributed by atoms with E-state index in [1.54, 1.807) is 12.3 Å². The number of benzene rings is 2. The van der Waals surface area contributed by atoms with Gasteiger partial charge >= 0.3 is 0 Å². The maximum absolute atomic E-state index is 12.8. The molecular weight excluding hydrogens is 362 g/mol. The Morgan fingerprint density at radius 3 is 2.21 bits per heavy atom. The van der Waals surface area contributed by atoms with E-state index in [0.29, 0.717) is 12.2 Å². The molecule has 2 heterocycles. The highest BCUT2D eigenvalue weighted by Gasteiger charge is 2.18. The molecule has 1 N–H and O–H groups in total. The summed E-state index contributed by atoms with van der Waals surface area (Å²) in [7, 11) is 0. The standard InChI is InChI=1S/C24H21N3O2/c1-17-12-13-22-25-15-21(24(29)27(22)16-17)23(28)26-14-20(18-8-4-2-5-9-18)19-10-6-3-7-11-19/h2-13,15-16,20H,14H2,1H3,(H,26,28). The monoisotopic (exact) mass is 383 g/mol. The van der Waals surface area contributed by atoms with Crippen LogP contribution in [0.5, 0.6) is 0 Å². The Hall–Kier alpha value is -3.73. The van der Waals surface area contributed by atoms with E-state index in [0.717, 1.165) is 16.7 Å². The van der Waals surface area contributed by atoms with Gasteiger partial charge < -0.3 is 5.32 Å². The van der Waals surface area contributed by atoms with Gasteiger partial charge in [0.1, 0.15) is 11.2 Å². The molecule has 5 heteroatoms. The molecule has 0 aliphatic carbocycles. The van der Waals surface area contributed by atoms with Gasteiger partial charge in [0.25, 0.3) is 11.5 Å². The molecule has 144 valence electrons. The number of amides is 1. The quantitative estimate of drug-likeness (QED) is 0.573. The van der Waals surface area contributed by atoms with Crippen LogP contribution in [0, 0.1) is 6.92 Å². The summed E-state index contributed by atoms with van der Waals surface area (Å²) in [6.07, 6.45) is 3.04. The summed E-state index contributed by atoms with van der Waals surface area (Å²) >= 11 is 0. The van der Waals surface area contributed by atoms with Crippen LogP contribution < -0.4 is 10.9 Å². The molecule has 29 heavy (non-hydrogen) atoms. The zero-order valence-corrected chi connectivity index (χ0v) is 16.1. The number of hydrogen-bond donors (Lipinski definition) is 1. The Labute approximate surface area is 168 Å². The van der Waals surface area contributed by atoms with E-state index in [1.807, 2.05) is 73.7 Å². The van der Waals surface area contributed by atoms with E-state index >= 15 is 0 Å². The van der Waals surface area contributed by atoms with Crippen molar-refractivity contribution >= 4 is 11.6 Å². The third-order valence-corrected chi connectivity index (χ3v) is 4.97. The first-order chi connectivity index (χ1) is 14.1. The Balaban J connectivity index is 1.61. The van der Waals surface area contributed by atoms with Crippen LogP contribution in [-0.2, 0) is 0 Å². The molecule has 0 spiro atoms. The van der Waals surface area contributed by atoms with Crippen molar-refractivity contribution in [3.8, 4) is 0 Å². The van der Waals surface area contributed by atoms with Crippen molar-refractivity contribution in [3.63, 3.8) is 0 Å². The molecule has 0 aliphatic heterocycles. The van der Waals surface area contributed by atoms with Crippen molar-refractivity contribution in [2.24, 2.45) is 0 Å². The molecule has 0 bridgehead atoms. The molecule has 4 aromatic rings. The molecule has 0 saturated heterocycles. The van der Waals surface area contributed by atoms with Crippen LogP contribution in [0.15, 0.2) is 90.0 Å². The second-order valence-electron chi connectivity index (χ2n) is 7.00. The highest BCUT2D eigenvalue weighted by molar-refractivity contribution is 5.93. The van der Waals surface area contributed by atoms with Crippen LogP contribution in [0.4, 0.5) is 0 Å². The second kappa shape index (κ2) is 8.10. The van der Waals surface area contributed by atoms with E-state index in [2.05, 4.69) is 10.3 Å². The van der Waals surface area contributed by atoms with Crippen molar-refractivity contribution < 1.29 is 4.79 Å². The van der Waals surface area contributed by atoms with Crippen molar-refractivity contribution in [1.82, 2.24) is 14.7 Å². The lowest BCUT2D eigenvalue weighted by atomic mass is 9.91. The minimum atomic E-state index is -0.421. The average Bonchev–Trinajstić information content (AvgIpc) is 2.76. The Morgan fingerprint density at radius 2 is 1.59 bits per heavy atom. The van der Waals surface area contributed by atoms with Crippen molar-refractivity contribution in [1.29, 1.82) is 0 Å². The summed E-state index contributed by atoms with van der Waals surface area (Å²) < 4.78 is 1.41. The zero-order chi connectivity index (χ0) is 20.2. The highest BCUT2D eigenvalue weighted by Crippen LogP contribution is 2.23. The minimum absolute atomic E-state index is 0.0141. The maximum atomic E-state index is 12.8. The van der Waals surface area contributed by atoms with Crippen LogP contribution in [0.1, 0.15) is 33.0 Å². The number of aromatic nitrogens is 2. The van der Waals surface area contributed by atoms with Crippen LogP contribution in [0.2, 0.25) is 0 Å². The molecule has 0 fully saturated rings. The third-order valence-electron chi connectivity index (χ3n) is 4.97. The van der Waals surface area contributed by atoms with Gasteiger partial charge in [0, 0.05) is 24.9 Å². The van der Waals surface area contributed by atoms with Crippen molar-refractivity contribution in [2.45, 2.75) is 12.8 Å². The van der Waals surface area contributed by atoms with Gasteiger partial charge in [0.05, 0.1) is 0 Å². The van der Waals surface area contributed by atoms with Crippen LogP contribution >= 0.6 is 0 Å².